The normalized spacial score (nSPS) is 22.1. The van der Waals surface area contributed by atoms with Gasteiger partial charge in [0, 0.05) is 5.54 Å². The average Bonchev–Trinajstić information content (AvgIpc) is 2.06. The van der Waals surface area contributed by atoms with Gasteiger partial charge in [0.2, 0.25) is 0 Å². The molecule has 1 N–H and O–H groups in total. The van der Waals surface area contributed by atoms with Gasteiger partial charge >= 0.3 is 0 Å². The standard InChI is InChI=1S/C10H21N/c1-10(2,11-3)9-7-5-4-6-8-9/h9,11H,4-8H2,1-3H3. The molecule has 11 heavy (non-hydrogen) atoms. The quantitative estimate of drug-likeness (QED) is 0.646. The second-order valence-electron chi connectivity index (χ2n) is 4.31. The summed E-state index contributed by atoms with van der Waals surface area (Å²) in [6.45, 7) is 4.64. The lowest BCUT2D eigenvalue weighted by Crippen LogP contribution is -2.44. The van der Waals surface area contributed by atoms with E-state index in [9.17, 15) is 0 Å². The monoisotopic (exact) mass is 155 g/mol. The molecule has 1 heteroatoms. The Kier molecular flexibility index (Phi) is 2.94. The molecule has 1 aliphatic rings. The van der Waals surface area contributed by atoms with Gasteiger partial charge in [0.1, 0.15) is 0 Å². The van der Waals surface area contributed by atoms with Crippen LogP contribution in [0, 0.1) is 5.92 Å². The molecular weight excluding hydrogens is 134 g/mol. The smallest absolute Gasteiger partial charge is 0.0150 e. The Balaban J connectivity index is 2.43. The van der Waals surface area contributed by atoms with Gasteiger partial charge in [-0.1, -0.05) is 19.3 Å². The van der Waals surface area contributed by atoms with Crippen LogP contribution < -0.4 is 5.32 Å². The summed E-state index contributed by atoms with van der Waals surface area (Å²) >= 11 is 0. The maximum absolute atomic E-state index is 3.41. The molecule has 0 saturated heterocycles. The van der Waals surface area contributed by atoms with Gasteiger partial charge in [-0.3, -0.25) is 0 Å². The minimum absolute atomic E-state index is 0.362. The molecule has 0 aromatic rings. The van der Waals surface area contributed by atoms with E-state index >= 15 is 0 Å². The second-order valence-corrected chi connectivity index (χ2v) is 4.31. The Bertz CT molecular complexity index is 112. The molecular formula is C10H21N. The highest BCUT2D eigenvalue weighted by molar-refractivity contribution is 4.86. The maximum Gasteiger partial charge on any atom is 0.0150 e. The van der Waals surface area contributed by atoms with Gasteiger partial charge in [0.05, 0.1) is 0 Å². The molecule has 0 bridgehead atoms. The van der Waals surface area contributed by atoms with Crippen molar-refractivity contribution in [1.29, 1.82) is 0 Å². The minimum atomic E-state index is 0.362. The van der Waals surface area contributed by atoms with Crippen molar-refractivity contribution in [3.05, 3.63) is 0 Å². The van der Waals surface area contributed by atoms with E-state index in [1.54, 1.807) is 0 Å². The van der Waals surface area contributed by atoms with Crippen LogP contribution in [0.4, 0.5) is 0 Å². The fourth-order valence-corrected chi connectivity index (χ4v) is 2.03. The zero-order chi connectivity index (χ0) is 8.32. The largest absolute Gasteiger partial charge is 0.315 e. The lowest BCUT2D eigenvalue weighted by Gasteiger charge is -2.36. The molecule has 0 aromatic heterocycles. The van der Waals surface area contributed by atoms with Gasteiger partial charge in [-0.2, -0.15) is 0 Å². The zero-order valence-corrected chi connectivity index (χ0v) is 8.11. The molecule has 0 unspecified atom stereocenters. The van der Waals surface area contributed by atoms with Crippen LogP contribution in [0.25, 0.3) is 0 Å². The van der Waals surface area contributed by atoms with Crippen molar-refractivity contribution in [2.45, 2.75) is 51.5 Å². The lowest BCUT2D eigenvalue weighted by molar-refractivity contribution is 0.206. The van der Waals surface area contributed by atoms with Crippen molar-refractivity contribution in [3.63, 3.8) is 0 Å². The third-order valence-corrected chi connectivity index (χ3v) is 3.27. The second kappa shape index (κ2) is 3.57. The van der Waals surface area contributed by atoms with Crippen LogP contribution >= 0.6 is 0 Å². The first-order valence-corrected chi connectivity index (χ1v) is 4.86. The van der Waals surface area contributed by atoms with Crippen molar-refractivity contribution in [2.24, 2.45) is 5.92 Å². The summed E-state index contributed by atoms with van der Waals surface area (Å²) in [4.78, 5) is 0. The van der Waals surface area contributed by atoms with Crippen LogP contribution in [0.5, 0.6) is 0 Å². The summed E-state index contributed by atoms with van der Waals surface area (Å²) in [6, 6.07) is 0. The predicted octanol–water partition coefficient (Wildman–Crippen LogP) is 2.56. The number of hydrogen-bond donors (Lipinski definition) is 1. The van der Waals surface area contributed by atoms with Gasteiger partial charge < -0.3 is 5.32 Å². The van der Waals surface area contributed by atoms with Gasteiger partial charge in [-0.25, -0.2) is 0 Å². The maximum atomic E-state index is 3.41. The molecule has 0 heterocycles. The molecule has 66 valence electrons. The molecule has 0 amide bonds. The first kappa shape index (κ1) is 9.05. The highest BCUT2D eigenvalue weighted by Crippen LogP contribution is 2.31. The molecule has 0 spiro atoms. The fourth-order valence-electron chi connectivity index (χ4n) is 2.03. The fraction of sp³-hybridized carbons (Fsp3) is 1.00. The molecule has 0 atom stereocenters. The third-order valence-electron chi connectivity index (χ3n) is 3.27. The van der Waals surface area contributed by atoms with E-state index in [-0.39, 0.29) is 0 Å². The number of nitrogens with one attached hydrogen (secondary N) is 1. The summed E-state index contributed by atoms with van der Waals surface area (Å²) in [5.74, 6) is 0.904. The summed E-state index contributed by atoms with van der Waals surface area (Å²) in [5, 5.41) is 3.41. The van der Waals surface area contributed by atoms with E-state index in [0.717, 1.165) is 5.92 Å². The summed E-state index contributed by atoms with van der Waals surface area (Å²) in [6.07, 6.45) is 7.18. The predicted molar refractivity (Wildman–Crippen MR) is 49.7 cm³/mol. The molecule has 0 radical (unpaired) electrons. The van der Waals surface area contributed by atoms with Crippen molar-refractivity contribution in [1.82, 2.24) is 5.32 Å². The van der Waals surface area contributed by atoms with Crippen LogP contribution in [-0.4, -0.2) is 12.6 Å². The van der Waals surface area contributed by atoms with E-state index < -0.39 is 0 Å². The van der Waals surface area contributed by atoms with E-state index in [0.29, 0.717) is 5.54 Å². The van der Waals surface area contributed by atoms with Crippen molar-refractivity contribution >= 4 is 0 Å². The van der Waals surface area contributed by atoms with Crippen molar-refractivity contribution < 1.29 is 0 Å². The Morgan fingerprint density at radius 3 is 2.09 bits per heavy atom. The van der Waals surface area contributed by atoms with E-state index in [1.807, 2.05) is 0 Å². The van der Waals surface area contributed by atoms with Gasteiger partial charge in [0.25, 0.3) is 0 Å². The number of hydrogen-bond acceptors (Lipinski definition) is 1. The molecule has 0 aliphatic heterocycles. The van der Waals surface area contributed by atoms with Gasteiger partial charge in [0.15, 0.2) is 0 Å². The Morgan fingerprint density at radius 1 is 1.09 bits per heavy atom. The van der Waals surface area contributed by atoms with Crippen LogP contribution in [0.15, 0.2) is 0 Å². The highest BCUT2D eigenvalue weighted by atomic mass is 14.9. The summed E-state index contributed by atoms with van der Waals surface area (Å²) in [7, 11) is 2.08. The zero-order valence-electron chi connectivity index (χ0n) is 8.11. The van der Waals surface area contributed by atoms with Crippen LogP contribution in [0.3, 0.4) is 0 Å². The molecule has 1 aliphatic carbocycles. The highest BCUT2D eigenvalue weighted by Gasteiger charge is 2.28. The Morgan fingerprint density at radius 2 is 1.64 bits per heavy atom. The first-order chi connectivity index (χ1) is 5.17. The van der Waals surface area contributed by atoms with E-state index in [2.05, 4.69) is 26.2 Å². The summed E-state index contributed by atoms with van der Waals surface area (Å²) < 4.78 is 0. The minimum Gasteiger partial charge on any atom is -0.315 e. The van der Waals surface area contributed by atoms with Crippen LogP contribution in [0.1, 0.15) is 46.0 Å². The first-order valence-electron chi connectivity index (χ1n) is 4.86. The molecule has 1 saturated carbocycles. The molecule has 1 rings (SSSR count). The number of rotatable bonds is 2. The SMILES string of the molecule is CNC(C)(C)C1CCCCC1. The topological polar surface area (TPSA) is 12.0 Å². The molecule has 1 nitrogen and oxygen atoms in total. The molecule has 0 aromatic carbocycles. The van der Waals surface area contributed by atoms with Gasteiger partial charge in [-0.15, -0.1) is 0 Å². The lowest BCUT2D eigenvalue weighted by atomic mass is 9.77. The Labute approximate surface area is 70.6 Å². The van der Waals surface area contributed by atoms with Crippen molar-refractivity contribution in [2.75, 3.05) is 7.05 Å². The summed E-state index contributed by atoms with van der Waals surface area (Å²) in [5.41, 5.74) is 0.362. The van der Waals surface area contributed by atoms with Crippen LogP contribution in [-0.2, 0) is 0 Å². The Hall–Kier alpha value is -0.0400. The third kappa shape index (κ3) is 2.19. The average molecular weight is 155 g/mol. The molecule has 1 fully saturated rings. The van der Waals surface area contributed by atoms with E-state index in [1.165, 1.54) is 32.1 Å². The van der Waals surface area contributed by atoms with Crippen LogP contribution in [0.2, 0.25) is 0 Å². The van der Waals surface area contributed by atoms with Crippen molar-refractivity contribution in [3.8, 4) is 0 Å². The van der Waals surface area contributed by atoms with Gasteiger partial charge in [-0.05, 0) is 39.7 Å². The van der Waals surface area contributed by atoms with E-state index in [4.69, 9.17) is 0 Å².